The van der Waals surface area contributed by atoms with Crippen LogP contribution >= 0.6 is 0 Å². The molecule has 0 aliphatic heterocycles. The van der Waals surface area contributed by atoms with Crippen LogP contribution in [0, 0.1) is 6.92 Å². The van der Waals surface area contributed by atoms with E-state index in [4.69, 9.17) is 0 Å². The van der Waals surface area contributed by atoms with Crippen LogP contribution in [0.2, 0.25) is 0 Å². The second-order valence-corrected chi connectivity index (χ2v) is 3.68. The van der Waals surface area contributed by atoms with Gasteiger partial charge in [0.25, 0.3) is 0 Å². The summed E-state index contributed by atoms with van der Waals surface area (Å²) < 4.78 is 21.4. The Balaban J connectivity index is 3.27. The van der Waals surface area contributed by atoms with Crippen LogP contribution in [0.15, 0.2) is 23.1 Å². The Morgan fingerprint density at radius 3 is 2.54 bits per heavy atom. The summed E-state index contributed by atoms with van der Waals surface area (Å²) in [7, 11) is 0. The Kier molecular flexibility index (Phi) is 2.95. The molecule has 0 fully saturated rings. The van der Waals surface area contributed by atoms with Crippen LogP contribution in [-0.2, 0) is 11.1 Å². The first-order valence-electron chi connectivity index (χ1n) is 3.73. The topological polar surface area (TPSA) is 57.2 Å². The van der Waals surface area contributed by atoms with Crippen molar-refractivity contribution in [2.45, 2.75) is 18.7 Å². The second kappa shape index (κ2) is 3.81. The molecule has 0 aromatic heterocycles. The molecule has 13 heavy (non-hydrogen) atoms. The van der Waals surface area contributed by atoms with E-state index in [1.165, 1.54) is 13.0 Å². The zero-order chi connectivity index (χ0) is 10.0. The summed E-state index contributed by atoms with van der Waals surface area (Å²) >= 11 is -2.27. The fourth-order valence-electron chi connectivity index (χ4n) is 0.999. The molecule has 1 unspecified atom stereocenters. The van der Waals surface area contributed by atoms with Crippen LogP contribution in [0.3, 0.4) is 0 Å². The molecule has 0 N–H and O–H groups in total. The number of hydrogen-bond acceptors (Lipinski definition) is 3. The minimum Gasteiger partial charge on any atom is -0.768 e. The van der Waals surface area contributed by atoms with Crippen molar-refractivity contribution in [2.24, 2.45) is 0 Å². The van der Waals surface area contributed by atoms with E-state index in [0.717, 1.165) is 0 Å². The van der Waals surface area contributed by atoms with Crippen LogP contribution < -0.4 is 0 Å². The number of rotatable bonds is 2. The maximum absolute atomic E-state index is 10.9. The summed E-state index contributed by atoms with van der Waals surface area (Å²) in [5.41, 5.74) is 1.07. The van der Waals surface area contributed by atoms with Crippen molar-refractivity contribution in [2.75, 3.05) is 0 Å². The number of ketones is 1. The third-order valence-corrected chi connectivity index (χ3v) is 2.57. The lowest BCUT2D eigenvalue weighted by Gasteiger charge is -2.09. The van der Waals surface area contributed by atoms with E-state index in [1.54, 1.807) is 19.1 Å². The fourth-order valence-corrected chi connectivity index (χ4v) is 1.55. The minimum atomic E-state index is -2.27. The Labute approximate surface area is 79.1 Å². The minimum absolute atomic E-state index is 0.133. The molecule has 4 heteroatoms. The molecule has 0 heterocycles. The lowest BCUT2D eigenvalue weighted by atomic mass is 10.1. The summed E-state index contributed by atoms with van der Waals surface area (Å²) in [5.74, 6) is -0.133. The summed E-state index contributed by atoms with van der Waals surface area (Å²) in [5, 5.41) is 0. The molecule has 0 aliphatic carbocycles. The van der Waals surface area contributed by atoms with Crippen molar-refractivity contribution in [3.05, 3.63) is 29.3 Å². The molecule has 1 aromatic carbocycles. The normalized spacial score (nSPS) is 12.5. The van der Waals surface area contributed by atoms with Gasteiger partial charge in [-0.3, -0.25) is 9.00 Å². The average molecular weight is 197 g/mol. The monoisotopic (exact) mass is 197 g/mol. The molecule has 0 bridgehead atoms. The van der Waals surface area contributed by atoms with Crippen molar-refractivity contribution in [3.63, 3.8) is 0 Å². The largest absolute Gasteiger partial charge is 0.768 e. The van der Waals surface area contributed by atoms with Gasteiger partial charge in [-0.2, -0.15) is 0 Å². The number of Topliss-reactive ketones (excluding diaryl/α,β-unsaturated/α-hetero) is 1. The molecule has 0 amide bonds. The molecule has 0 saturated carbocycles. The third-order valence-electron chi connectivity index (χ3n) is 1.77. The Hall–Kier alpha value is -1.00. The van der Waals surface area contributed by atoms with E-state index in [0.29, 0.717) is 11.1 Å². The van der Waals surface area contributed by atoms with E-state index in [9.17, 15) is 13.6 Å². The first-order valence-corrected chi connectivity index (χ1v) is 4.80. The first kappa shape index (κ1) is 10.1. The maximum Gasteiger partial charge on any atom is 0.159 e. The summed E-state index contributed by atoms with van der Waals surface area (Å²) in [6.07, 6.45) is 0. The molecule has 3 nitrogen and oxygen atoms in total. The highest BCUT2D eigenvalue weighted by Gasteiger charge is 2.03. The smallest absolute Gasteiger partial charge is 0.159 e. The summed E-state index contributed by atoms with van der Waals surface area (Å²) in [4.78, 5) is 11.1. The summed E-state index contributed by atoms with van der Waals surface area (Å²) in [6, 6.07) is 4.64. The van der Waals surface area contributed by atoms with Gasteiger partial charge in [0.05, 0.1) is 0 Å². The standard InChI is InChI=1S/C9H10O3S/c1-6-3-4-8(7(2)10)5-9(6)13(11)12/h3-5H,1-2H3,(H,11,12)/p-1. The van der Waals surface area contributed by atoms with E-state index in [2.05, 4.69) is 0 Å². The predicted molar refractivity (Wildman–Crippen MR) is 48.4 cm³/mol. The number of aryl methyl sites for hydroxylation is 1. The first-order chi connectivity index (χ1) is 6.02. The van der Waals surface area contributed by atoms with Gasteiger partial charge in [0.15, 0.2) is 5.78 Å². The highest BCUT2D eigenvalue weighted by molar-refractivity contribution is 7.79. The van der Waals surface area contributed by atoms with E-state index in [1.807, 2.05) is 0 Å². The van der Waals surface area contributed by atoms with Gasteiger partial charge in [-0.25, -0.2) is 0 Å². The van der Waals surface area contributed by atoms with E-state index >= 15 is 0 Å². The number of hydrogen-bond donors (Lipinski definition) is 0. The van der Waals surface area contributed by atoms with E-state index in [-0.39, 0.29) is 10.7 Å². The van der Waals surface area contributed by atoms with Crippen molar-refractivity contribution < 1.29 is 13.6 Å². The Morgan fingerprint density at radius 2 is 2.08 bits per heavy atom. The molecule has 0 spiro atoms. The van der Waals surface area contributed by atoms with Crippen molar-refractivity contribution in [3.8, 4) is 0 Å². The molecular weight excluding hydrogens is 188 g/mol. The van der Waals surface area contributed by atoms with Crippen molar-refractivity contribution >= 4 is 16.9 Å². The third kappa shape index (κ3) is 2.23. The quantitative estimate of drug-likeness (QED) is 0.532. The van der Waals surface area contributed by atoms with Gasteiger partial charge in [-0.1, -0.05) is 12.1 Å². The van der Waals surface area contributed by atoms with Gasteiger partial charge >= 0.3 is 0 Å². The van der Waals surface area contributed by atoms with Crippen LogP contribution in [0.5, 0.6) is 0 Å². The van der Waals surface area contributed by atoms with Crippen LogP contribution in [0.25, 0.3) is 0 Å². The lowest BCUT2D eigenvalue weighted by Crippen LogP contribution is -1.98. The van der Waals surface area contributed by atoms with Gasteiger partial charge in [0, 0.05) is 10.5 Å². The molecular formula is C9H9O3S-. The predicted octanol–water partition coefficient (Wildman–Crippen LogP) is 1.44. The van der Waals surface area contributed by atoms with Crippen LogP contribution in [-0.4, -0.2) is 14.5 Å². The molecule has 1 aromatic rings. The number of carbonyl (C=O) groups excluding carboxylic acids is 1. The Bertz CT molecular complexity index is 371. The maximum atomic E-state index is 10.9. The van der Waals surface area contributed by atoms with Gasteiger partial charge in [0.1, 0.15) is 0 Å². The highest BCUT2D eigenvalue weighted by Crippen LogP contribution is 2.14. The number of carbonyl (C=O) groups is 1. The Morgan fingerprint density at radius 1 is 1.46 bits per heavy atom. The zero-order valence-corrected chi connectivity index (χ0v) is 8.18. The molecule has 0 radical (unpaired) electrons. The number of benzene rings is 1. The average Bonchev–Trinajstić information content (AvgIpc) is 2.04. The van der Waals surface area contributed by atoms with Crippen LogP contribution in [0.4, 0.5) is 0 Å². The van der Waals surface area contributed by atoms with Gasteiger partial charge in [-0.05, 0) is 36.6 Å². The van der Waals surface area contributed by atoms with Crippen molar-refractivity contribution in [1.29, 1.82) is 0 Å². The summed E-state index contributed by atoms with van der Waals surface area (Å²) in [6.45, 7) is 3.09. The molecule has 70 valence electrons. The van der Waals surface area contributed by atoms with Crippen molar-refractivity contribution in [1.82, 2.24) is 0 Å². The molecule has 0 aliphatic rings. The zero-order valence-electron chi connectivity index (χ0n) is 7.37. The fraction of sp³-hybridized carbons (Fsp3) is 0.222. The molecule has 0 saturated heterocycles. The highest BCUT2D eigenvalue weighted by atomic mass is 32.2. The van der Waals surface area contributed by atoms with Gasteiger partial charge < -0.3 is 4.55 Å². The van der Waals surface area contributed by atoms with Gasteiger partial charge in [0.2, 0.25) is 0 Å². The SMILES string of the molecule is CC(=O)c1ccc(C)c(S(=O)[O-])c1. The molecule has 1 rings (SSSR count). The lowest BCUT2D eigenvalue weighted by molar-refractivity contribution is 0.101. The van der Waals surface area contributed by atoms with Crippen LogP contribution in [0.1, 0.15) is 22.8 Å². The van der Waals surface area contributed by atoms with E-state index < -0.39 is 11.1 Å². The van der Waals surface area contributed by atoms with Gasteiger partial charge in [-0.15, -0.1) is 0 Å². The second-order valence-electron chi connectivity index (χ2n) is 2.77. The molecule has 1 atom stereocenters.